The molecule has 0 heterocycles. The molecule has 0 bridgehead atoms. The highest BCUT2D eigenvalue weighted by molar-refractivity contribution is 7.89. The Bertz CT molecular complexity index is 712. The standard InChI is InChI=1S/C9H8O6S2/c10-16(11,12)8-5-4-6-2-1-3-7(6)9(8)17(13,14)15/h1,3-5H,2H2,(H,10,11,12)(H,13,14,15). The Kier molecular flexibility index (Phi) is 2.62. The van der Waals surface area contributed by atoms with Gasteiger partial charge in [0.15, 0.2) is 0 Å². The van der Waals surface area contributed by atoms with Gasteiger partial charge in [0.25, 0.3) is 20.2 Å². The molecule has 17 heavy (non-hydrogen) atoms. The second kappa shape index (κ2) is 3.64. The van der Waals surface area contributed by atoms with Crippen LogP contribution in [-0.4, -0.2) is 25.9 Å². The largest absolute Gasteiger partial charge is 0.296 e. The topological polar surface area (TPSA) is 109 Å². The Morgan fingerprint density at radius 1 is 1.00 bits per heavy atom. The summed E-state index contributed by atoms with van der Waals surface area (Å²) in [4.78, 5) is -1.59. The minimum Gasteiger partial charge on any atom is -0.282 e. The Morgan fingerprint density at radius 3 is 2.18 bits per heavy atom. The van der Waals surface area contributed by atoms with Gasteiger partial charge in [-0.1, -0.05) is 18.2 Å². The van der Waals surface area contributed by atoms with E-state index < -0.39 is 30.0 Å². The zero-order valence-corrected chi connectivity index (χ0v) is 9.99. The smallest absolute Gasteiger partial charge is 0.282 e. The Labute approximate surface area is 98.1 Å². The molecule has 0 spiro atoms. The average molecular weight is 276 g/mol. The van der Waals surface area contributed by atoms with E-state index in [-0.39, 0.29) is 5.56 Å². The summed E-state index contributed by atoms with van der Waals surface area (Å²) < 4.78 is 62.5. The lowest BCUT2D eigenvalue weighted by Crippen LogP contribution is -2.11. The first-order valence-corrected chi connectivity index (χ1v) is 7.36. The van der Waals surface area contributed by atoms with Gasteiger partial charge in [0.05, 0.1) is 0 Å². The molecule has 1 aromatic carbocycles. The first-order valence-electron chi connectivity index (χ1n) is 4.48. The highest BCUT2D eigenvalue weighted by Gasteiger charge is 2.28. The van der Waals surface area contributed by atoms with Crippen LogP contribution in [0.25, 0.3) is 6.08 Å². The quantitative estimate of drug-likeness (QED) is 0.771. The van der Waals surface area contributed by atoms with Gasteiger partial charge < -0.3 is 0 Å². The lowest BCUT2D eigenvalue weighted by Gasteiger charge is -2.09. The Balaban J connectivity index is 2.94. The molecular formula is C9H8O6S2. The first-order chi connectivity index (χ1) is 7.71. The van der Waals surface area contributed by atoms with Crippen molar-refractivity contribution in [2.45, 2.75) is 16.2 Å². The van der Waals surface area contributed by atoms with Crippen molar-refractivity contribution in [3.8, 4) is 0 Å². The van der Waals surface area contributed by atoms with Crippen LogP contribution in [-0.2, 0) is 26.7 Å². The van der Waals surface area contributed by atoms with Crippen LogP contribution in [0.15, 0.2) is 28.0 Å². The number of hydrogen-bond acceptors (Lipinski definition) is 4. The van der Waals surface area contributed by atoms with Crippen LogP contribution in [0.2, 0.25) is 0 Å². The Hall–Kier alpha value is -1.22. The van der Waals surface area contributed by atoms with Crippen molar-refractivity contribution in [2.24, 2.45) is 0 Å². The molecular weight excluding hydrogens is 268 g/mol. The zero-order chi connectivity index (χ0) is 12.8. The molecule has 2 rings (SSSR count). The molecule has 0 unspecified atom stereocenters. The van der Waals surface area contributed by atoms with Crippen LogP contribution in [0.1, 0.15) is 11.1 Å². The van der Waals surface area contributed by atoms with Crippen molar-refractivity contribution in [1.82, 2.24) is 0 Å². The predicted octanol–water partition coefficient (Wildman–Crippen LogP) is 0.749. The molecule has 6 nitrogen and oxygen atoms in total. The van der Waals surface area contributed by atoms with Crippen molar-refractivity contribution < 1.29 is 25.9 Å². The maximum absolute atomic E-state index is 11.2. The third-order valence-corrected chi connectivity index (χ3v) is 4.39. The number of benzene rings is 1. The molecule has 0 aliphatic heterocycles. The minimum absolute atomic E-state index is 0.0997. The number of allylic oxidation sites excluding steroid dienone is 1. The van der Waals surface area contributed by atoms with Gasteiger partial charge in [-0.25, -0.2) is 0 Å². The number of hydrogen-bond donors (Lipinski definition) is 2. The summed E-state index contributed by atoms with van der Waals surface area (Å²) in [6, 6.07) is 2.36. The van der Waals surface area contributed by atoms with E-state index in [2.05, 4.69) is 0 Å². The fourth-order valence-electron chi connectivity index (χ4n) is 1.75. The van der Waals surface area contributed by atoms with Crippen LogP contribution in [0, 0.1) is 0 Å². The van der Waals surface area contributed by atoms with Crippen molar-refractivity contribution in [3.05, 3.63) is 29.3 Å². The van der Waals surface area contributed by atoms with E-state index >= 15 is 0 Å². The van der Waals surface area contributed by atoms with Crippen LogP contribution < -0.4 is 0 Å². The van der Waals surface area contributed by atoms with Crippen molar-refractivity contribution in [2.75, 3.05) is 0 Å². The second-order valence-corrected chi connectivity index (χ2v) is 6.27. The summed E-state index contributed by atoms with van der Waals surface area (Å²) in [5, 5.41) is 0. The molecule has 1 aromatic rings. The van der Waals surface area contributed by atoms with E-state index in [1.165, 1.54) is 12.1 Å². The second-order valence-electron chi connectivity index (χ2n) is 3.52. The summed E-state index contributed by atoms with van der Waals surface area (Å²) in [7, 11) is -9.44. The van der Waals surface area contributed by atoms with E-state index in [9.17, 15) is 16.8 Å². The SMILES string of the molecule is O=S(=O)(O)c1ccc2c(c1S(=O)(=O)O)C=CC2. The van der Waals surface area contributed by atoms with Crippen molar-refractivity contribution in [1.29, 1.82) is 0 Å². The average Bonchev–Trinajstić information content (AvgIpc) is 2.59. The van der Waals surface area contributed by atoms with Crippen molar-refractivity contribution >= 4 is 26.3 Å². The summed E-state index contributed by atoms with van der Waals surface area (Å²) in [6.07, 6.45) is 3.48. The molecule has 2 N–H and O–H groups in total. The van der Waals surface area contributed by atoms with Gasteiger partial charge >= 0.3 is 0 Å². The molecule has 0 atom stereocenters. The molecule has 0 amide bonds. The van der Waals surface area contributed by atoms with Crippen LogP contribution in [0.4, 0.5) is 0 Å². The molecule has 1 aliphatic rings. The third kappa shape index (κ3) is 2.12. The number of fused-ring (bicyclic) bond motifs is 1. The molecule has 0 radical (unpaired) electrons. The van der Waals surface area contributed by atoms with Crippen LogP contribution in [0.5, 0.6) is 0 Å². The molecule has 0 saturated heterocycles. The lowest BCUT2D eigenvalue weighted by molar-refractivity contribution is 0.466. The predicted molar refractivity (Wildman–Crippen MR) is 58.8 cm³/mol. The molecule has 1 aliphatic carbocycles. The van der Waals surface area contributed by atoms with Crippen LogP contribution in [0.3, 0.4) is 0 Å². The highest BCUT2D eigenvalue weighted by Crippen LogP contribution is 2.32. The van der Waals surface area contributed by atoms with E-state index in [1.807, 2.05) is 0 Å². The fourth-order valence-corrected chi connectivity index (χ4v) is 3.77. The third-order valence-electron chi connectivity index (χ3n) is 2.41. The molecule has 92 valence electrons. The van der Waals surface area contributed by atoms with E-state index in [0.717, 1.165) is 6.07 Å². The van der Waals surface area contributed by atoms with Gasteiger partial charge in [-0.05, 0) is 18.1 Å². The maximum Gasteiger partial charge on any atom is 0.296 e. The molecule has 0 fully saturated rings. The van der Waals surface area contributed by atoms with E-state index in [0.29, 0.717) is 12.0 Å². The summed E-state index contributed by atoms with van der Waals surface area (Å²) >= 11 is 0. The highest BCUT2D eigenvalue weighted by atomic mass is 32.2. The van der Waals surface area contributed by atoms with Crippen molar-refractivity contribution in [3.63, 3.8) is 0 Å². The van der Waals surface area contributed by atoms with Gasteiger partial charge in [0.2, 0.25) is 0 Å². The number of rotatable bonds is 2. The Morgan fingerprint density at radius 2 is 1.65 bits per heavy atom. The van der Waals surface area contributed by atoms with E-state index in [1.54, 1.807) is 6.08 Å². The van der Waals surface area contributed by atoms with Gasteiger partial charge in [0, 0.05) is 5.56 Å². The minimum atomic E-state index is -4.73. The molecule has 0 saturated carbocycles. The monoisotopic (exact) mass is 276 g/mol. The molecule has 8 heteroatoms. The van der Waals surface area contributed by atoms with Crippen LogP contribution >= 0.6 is 0 Å². The summed E-state index contributed by atoms with van der Waals surface area (Å²) in [5.41, 5.74) is 0.674. The van der Waals surface area contributed by atoms with Gasteiger partial charge in [-0.3, -0.25) is 9.11 Å². The van der Waals surface area contributed by atoms with Gasteiger partial charge in [-0.2, -0.15) is 16.8 Å². The summed E-state index contributed by atoms with van der Waals surface area (Å²) in [6.45, 7) is 0. The lowest BCUT2D eigenvalue weighted by atomic mass is 10.1. The van der Waals surface area contributed by atoms with E-state index in [4.69, 9.17) is 9.11 Å². The maximum atomic E-state index is 11.2. The molecule has 0 aromatic heterocycles. The zero-order valence-electron chi connectivity index (χ0n) is 8.36. The van der Waals surface area contributed by atoms with Gasteiger partial charge in [-0.15, -0.1) is 0 Å². The fraction of sp³-hybridized carbons (Fsp3) is 0.111. The summed E-state index contributed by atoms with van der Waals surface area (Å²) in [5.74, 6) is 0. The first kappa shape index (κ1) is 12.2. The van der Waals surface area contributed by atoms with Gasteiger partial charge in [0.1, 0.15) is 9.79 Å². The normalized spacial score (nSPS) is 14.9.